The van der Waals surface area contributed by atoms with E-state index in [2.05, 4.69) is 16.0 Å². The summed E-state index contributed by atoms with van der Waals surface area (Å²) >= 11 is 1.46. The zero-order chi connectivity index (χ0) is 26.7. The fraction of sp³-hybridized carbons (Fsp3) is 0.583. The van der Waals surface area contributed by atoms with Gasteiger partial charge in [0.05, 0.1) is 6.04 Å². The molecule has 0 bridgehead atoms. The molecule has 0 spiro atoms. The largest absolute Gasteiger partial charge is 0.508 e. The summed E-state index contributed by atoms with van der Waals surface area (Å²) in [6.07, 6.45) is 2.18. The number of hydrogen-bond donors (Lipinski definition) is 6. The van der Waals surface area contributed by atoms with Crippen LogP contribution in [0.15, 0.2) is 24.3 Å². The van der Waals surface area contributed by atoms with Gasteiger partial charge >= 0.3 is 5.97 Å². The molecule has 4 unspecified atom stereocenters. The first-order valence-electron chi connectivity index (χ1n) is 11.5. The van der Waals surface area contributed by atoms with Gasteiger partial charge in [0.15, 0.2) is 0 Å². The lowest BCUT2D eigenvalue weighted by Crippen LogP contribution is -2.59. The van der Waals surface area contributed by atoms with E-state index >= 15 is 0 Å². The van der Waals surface area contributed by atoms with Gasteiger partial charge in [-0.3, -0.25) is 14.4 Å². The Hall–Kier alpha value is -2.79. The SMILES string of the molecule is CSCCC(NC(=O)C(NC(=O)C(Cc1ccc(O)cc1)NC(=O)C(N)C(C)C)C(C)C)C(=O)O. The minimum absolute atomic E-state index is 0.0617. The summed E-state index contributed by atoms with van der Waals surface area (Å²) in [7, 11) is 0. The van der Waals surface area contributed by atoms with E-state index in [1.165, 1.54) is 23.9 Å². The van der Waals surface area contributed by atoms with Gasteiger partial charge in [-0.15, -0.1) is 0 Å². The molecule has 10 nitrogen and oxygen atoms in total. The first-order chi connectivity index (χ1) is 16.4. The Morgan fingerprint density at radius 2 is 1.46 bits per heavy atom. The maximum absolute atomic E-state index is 13.2. The third-order valence-corrected chi connectivity index (χ3v) is 6.15. The molecule has 0 aliphatic carbocycles. The van der Waals surface area contributed by atoms with E-state index in [0.29, 0.717) is 11.3 Å². The van der Waals surface area contributed by atoms with Crippen molar-refractivity contribution in [1.29, 1.82) is 0 Å². The van der Waals surface area contributed by atoms with E-state index in [0.717, 1.165) is 0 Å². The first kappa shape index (κ1) is 30.2. The van der Waals surface area contributed by atoms with E-state index in [9.17, 15) is 29.4 Å². The van der Waals surface area contributed by atoms with Crippen LogP contribution in [0.2, 0.25) is 0 Å². The monoisotopic (exact) mass is 510 g/mol. The van der Waals surface area contributed by atoms with Crippen molar-refractivity contribution in [2.75, 3.05) is 12.0 Å². The lowest BCUT2D eigenvalue weighted by atomic mass is 9.99. The number of carbonyl (C=O) groups excluding carboxylic acids is 3. The second-order valence-corrected chi connectivity index (χ2v) is 10.1. The van der Waals surface area contributed by atoms with Crippen LogP contribution in [-0.4, -0.2) is 70.1 Å². The van der Waals surface area contributed by atoms with Gasteiger partial charge in [0, 0.05) is 6.42 Å². The van der Waals surface area contributed by atoms with E-state index in [1.54, 1.807) is 39.8 Å². The molecule has 0 radical (unpaired) electrons. The topological polar surface area (TPSA) is 171 Å². The molecule has 3 amide bonds. The minimum Gasteiger partial charge on any atom is -0.508 e. The summed E-state index contributed by atoms with van der Waals surface area (Å²) in [4.78, 5) is 50.3. The Labute approximate surface area is 210 Å². The van der Waals surface area contributed by atoms with Crippen LogP contribution in [0, 0.1) is 11.8 Å². The van der Waals surface area contributed by atoms with Crippen molar-refractivity contribution in [3.8, 4) is 5.75 Å². The third kappa shape index (κ3) is 10.2. The molecule has 1 aromatic carbocycles. The number of carbonyl (C=O) groups is 4. The Morgan fingerprint density at radius 1 is 0.886 bits per heavy atom. The Kier molecular flexibility index (Phi) is 12.6. The molecule has 0 aliphatic heterocycles. The smallest absolute Gasteiger partial charge is 0.326 e. The van der Waals surface area contributed by atoms with Gasteiger partial charge in [0.25, 0.3) is 0 Å². The Morgan fingerprint density at radius 3 is 1.94 bits per heavy atom. The number of phenols is 1. The molecule has 1 aromatic rings. The third-order valence-electron chi connectivity index (χ3n) is 5.50. The molecule has 4 atom stereocenters. The summed E-state index contributed by atoms with van der Waals surface area (Å²) < 4.78 is 0. The molecule has 0 saturated carbocycles. The summed E-state index contributed by atoms with van der Waals surface area (Å²) in [6.45, 7) is 7.03. The molecule has 0 fully saturated rings. The number of carboxylic acids is 1. The zero-order valence-electron chi connectivity index (χ0n) is 20.9. The highest BCUT2D eigenvalue weighted by Gasteiger charge is 2.32. The highest BCUT2D eigenvalue weighted by atomic mass is 32.2. The standard InChI is InChI=1S/C24H38N4O6S/c1-13(2)19(25)22(31)27-18(12-15-6-8-16(29)9-7-15)21(30)28-20(14(3)4)23(32)26-17(24(33)34)10-11-35-5/h6-9,13-14,17-20,29H,10-12,25H2,1-5H3,(H,26,32)(H,27,31)(H,28,30)(H,33,34). The summed E-state index contributed by atoms with van der Waals surface area (Å²) in [6, 6.07) is 2.22. The van der Waals surface area contributed by atoms with Crippen molar-refractivity contribution < 1.29 is 29.4 Å². The summed E-state index contributed by atoms with van der Waals surface area (Å²) in [5, 5.41) is 26.8. The average Bonchev–Trinajstić information content (AvgIpc) is 2.79. The summed E-state index contributed by atoms with van der Waals surface area (Å²) in [5.41, 5.74) is 6.62. The lowest BCUT2D eigenvalue weighted by molar-refractivity contribution is -0.142. The molecule has 35 heavy (non-hydrogen) atoms. The predicted octanol–water partition coefficient (Wildman–Crippen LogP) is 0.866. The number of nitrogens with two attached hydrogens (primary N) is 1. The van der Waals surface area contributed by atoms with Crippen molar-refractivity contribution in [3.05, 3.63) is 29.8 Å². The Bertz CT molecular complexity index is 862. The number of hydrogen-bond acceptors (Lipinski definition) is 7. The van der Waals surface area contributed by atoms with E-state index in [-0.39, 0.29) is 30.4 Å². The van der Waals surface area contributed by atoms with Gasteiger partial charge in [0.1, 0.15) is 23.9 Å². The van der Waals surface area contributed by atoms with Crippen molar-refractivity contribution in [3.63, 3.8) is 0 Å². The number of phenolic OH excluding ortho intramolecular Hbond substituents is 1. The number of nitrogens with one attached hydrogen (secondary N) is 3. The number of amides is 3. The minimum atomic E-state index is -1.15. The molecule has 196 valence electrons. The highest BCUT2D eigenvalue weighted by Crippen LogP contribution is 2.13. The van der Waals surface area contributed by atoms with Crippen LogP contribution in [0.5, 0.6) is 5.75 Å². The fourth-order valence-electron chi connectivity index (χ4n) is 3.19. The van der Waals surface area contributed by atoms with Crippen molar-refractivity contribution in [2.45, 2.75) is 64.7 Å². The van der Waals surface area contributed by atoms with Crippen LogP contribution in [0.25, 0.3) is 0 Å². The molecular weight excluding hydrogens is 472 g/mol. The second-order valence-electron chi connectivity index (χ2n) is 9.11. The normalized spacial score (nSPS) is 14.6. The van der Waals surface area contributed by atoms with Crippen molar-refractivity contribution in [1.82, 2.24) is 16.0 Å². The molecule has 7 N–H and O–H groups in total. The zero-order valence-corrected chi connectivity index (χ0v) is 21.7. The number of thioether (sulfide) groups is 1. The Balaban J connectivity index is 3.08. The fourth-order valence-corrected chi connectivity index (χ4v) is 3.66. The molecule has 0 aliphatic rings. The van der Waals surface area contributed by atoms with Gasteiger partial charge in [0.2, 0.25) is 17.7 Å². The number of aliphatic carboxylic acids is 1. The molecule has 11 heteroatoms. The van der Waals surface area contributed by atoms with Gasteiger partial charge in [-0.25, -0.2) is 4.79 Å². The molecule has 0 saturated heterocycles. The van der Waals surface area contributed by atoms with E-state index in [1.807, 2.05) is 6.26 Å². The summed E-state index contributed by atoms with van der Waals surface area (Å²) in [5.74, 6) is -2.77. The van der Waals surface area contributed by atoms with Gasteiger partial charge in [-0.05, 0) is 48.0 Å². The van der Waals surface area contributed by atoms with Crippen LogP contribution < -0.4 is 21.7 Å². The number of carboxylic acid groups (broad SMARTS) is 1. The molecule has 0 aromatic heterocycles. The van der Waals surface area contributed by atoms with Crippen LogP contribution >= 0.6 is 11.8 Å². The molecule has 1 rings (SSSR count). The molecular formula is C24H38N4O6S. The maximum Gasteiger partial charge on any atom is 0.326 e. The number of benzene rings is 1. The van der Waals surface area contributed by atoms with Crippen molar-refractivity contribution >= 4 is 35.5 Å². The van der Waals surface area contributed by atoms with Crippen LogP contribution in [0.4, 0.5) is 0 Å². The van der Waals surface area contributed by atoms with Crippen LogP contribution in [0.1, 0.15) is 39.7 Å². The second kappa shape index (κ2) is 14.6. The van der Waals surface area contributed by atoms with Crippen LogP contribution in [0.3, 0.4) is 0 Å². The average molecular weight is 511 g/mol. The number of rotatable bonds is 14. The van der Waals surface area contributed by atoms with Gasteiger partial charge < -0.3 is 31.9 Å². The highest BCUT2D eigenvalue weighted by molar-refractivity contribution is 7.98. The van der Waals surface area contributed by atoms with E-state index in [4.69, 9.17) is 5.73 Å². The van der Waals surface area contributed by atoms with E-state index < -0.39 is 47.9 Å². The molecule has 0 heterocycles. The van der Waals surface area contributed by atoms with Gasteiger partial charge in [-0.2, -0.15) is 11.8 Å². The van der Waals surface area contributed by atoms with Gasteiger partial charge in [-0.1, -0.05) is 39.8 Å². The first-order valence-corrected chi connectivity index (χ1v) is 12.9. The maximum atomic E-state index is 13.2. The number of aromatic hydroxyl groups is 1. The van der Waals surface area contributed by atoms with Crippen molar-refractivity contribution in [2.24, 2.45) is 17.6 Å². The quantitative estimate of drug-likeness (QED) is 0.214. The predicted molar refractivity (Wildman–Crippen MR) is 136 cm³/mol. The van der Waals surface area contributed by atoms with Crippen LogP contribution in [-0.2, 0) is 25.6 Å². The lowest BCUT2D eigenvalue weighted by Gasteiger charge is -2.27.